The van der Waals surface area contributed by atoms with Crippen molar-refractivity contribution in [1.29, 1.82) is 0 Å². The second-order valence-electron chi connectivity index (χ2n) is 8.16. The molecule has 1 saturated heterocycles. The van der Waals surface area contributed by atoms with Gasteiger partial charge in [-0.25, -0.2) is 0 Å². The lowest BCUT2D eigenvalue weighted by molar-refractivity contribution is -0.154. The molecule has 0 radical (unpaired) electrons. The molecule has 0 bridgehead atoms. The van der Waals surface area contributed by atoms with Gasteiger partial charge in [-0.05, 0) is 47.5 Å². The lowest BCUT2D eigenvalue weighted by atomic mass is 9.79. The lowest BCUT2D eigenvalue weighted by Gasteiger charge is -2.46. The number of nitrogens with one attached hydrogen (secondary N) is 2. The molecular formula is C16H32N2O6. The first kappa shape index (κ1) is 21.3. The van der Waals surface area contributed by atoms with E-state index in [2.05, 4.69) is 10.6 Å². The van der Waals surface area contributed by atoms with E-state index in [9.17, 15) is 30.3 Å². The predicted molar refractivity (Wildman–Crippen MR) is 88.2 cm³/mol. The van der Waals surface area contributed by atoms with E-state index in [1.54, 1.807) is 0 Å². The van der Waals surface area contributed by atoms with Crippen molar-refractivity contribution in [2.24, 2.45) is 0 Å². The van der Waals surface area contributed by atoms with Crippen molar-refractivity contribution in [2.45, 2.75) is 95.1 Å². The molecule has 0 aromatic heterocycles. The van der Waals surface area contributed by atoms with Crippen LogP contribution in [0.15, 0.2) is 0 Å². The summed E-state index contributed by atoms with van der Waals surface area (Å²) in [7, 11) is 0. The molecule has 24 heavy (non-hydrogen) atoms. The van der Waals surface area contributed by atoms with Crippen LogP contribution < -0.4 is 10.6 Å². The Balaban J connectivity index is 2.69. The first-order chi connectivity index (χ1) is 10.8. The summed E-state index contributed by atoms with van der Waals surface area (Å²) in [5, 5.41) is 54.5. The molecule has 1 aliphatic rings. The maximum Gasteiger partial charge on any atom is 0.251 e. The summed E-state index contributed by atoms with van der Waals surface area (Å²) >= 11 is 0. The second-order valence-corrected chi connectivity index (χ2v) is 8.16. The van der Waals surface area contributed by atoms with Crippen LogP contribution in [0.2, 0.25) is 0 Å². The van der Waals surface area contributed by atoms with Crippen LogP contribution in [0.5, 0.6) is 0 Å². The Morgan fingerprint density at radius 2 is 1.42 bits per heavy atom. The molecule has 1 aliphatic heterocycles. The predicted octanol–water partition coefficient (Wildman–Crippen LogP) is -1.76. The van der Waals surface area contributed by atoms with Gasteiger partial charge in [0.2, 0.25) is 0 Å². The largest absolute Gasteiger partial charge is 0.391 e. The maximum absolute atomic E-state index is 12.2. The summed E-state index contributed by atoms with van der Waals surface area (Å²) in [4.78, 5) is 12.2. The Bertz CT molecular complexity index is 424. The lowest BCUT2D eigenvalue weighted by Crippen LogP contribution is -2.63. The summed E-state index contributed by atoms with van der Waals surface area (Å²) in [5.74, 6) is -0.821. The van der Waals surface area contributed by atoms with Gasteiger partial charge in [-0.3, -0.25) is 4.79 Å². The van der Waals surface area contributed by atoms with E-state index in [0.717, 1.165) is 0 Å². The van der Waals surface area contributed by atoms with Crippen LogP contribution in [0.4, 0.5) is 0 Å². The van der Waals surface area contributed by atoms with E-state index in [-0.39, 0.29) is 17.1 Å². The number of carbonyl (C=O) groups excluding carboxylic acids is 1. The third-order valence-corrected chi connectivity index (χ3v) is 4.32. The molecule has 8 heteroatoms. The number of amides is 1. The molecule has 8 nitrogen and oxygen atoms in total. The number of aliphatic hydroxyl groups excluding tert-OH is 5. The number of rotatable bonds is 6. The molecule has 0 aromatic rings. The zero-order chi connectivity index (χ0) is 18.9. The molecule has 0 aliphatic carbocycles. The standard InChI is InChI=1S/C16H32N2O6/c1-8(19)10(20)11(21)12(22)13(23)14(24)17-9-6-15(2,3)18-16(4,5)7-9/h8-13,18-23H,6-7H2,1-5H3,(H,17,24). The fraction of sp³-hybridized carbons (Fsp3) is 0.938. The van der Waals surface area contributed by atoms with Gasteiger partial charge in [-0.15, -0.1) is 0 Å². The monoisotopic (exact) mass is 348 g/mol. The Kier molecular flexibility index (Phi) is 6.77. The average Bonchev–Trinajstić information content (AvgIpc) is 2.40. The number of hydrogen-bond acceptors (Lipinski definition) is 7. The zero-order valence-electron chi connectivity index (χ0n) is 15.0. The number of hydrogen-bond donors (Lipinski definition) is 7. The van der Waals surface area contributed by atoms with E-state index < -0.39 is 36.4 Å². The molecule has 5 unspecified atom stereocenters. The summed E-state index contributed by atoms with van der Waals surface area (Å²) < 4.78 is 0. The first-order valence-corrected chi connectivity index (χ1v) is 8.26. The van der Waals surface area contributed by atoms with Crippen LogP contribution in [-0.2, 0) is 4.79 Å². The molecule has 0 aromatic carbocycles. The molecule has 7 N–H and O–H groups in total. The van der Waals surface area contributed by atoms with Gasteiger partial charge >= 0.3 is 0 Å². The van der Waals surface area contributed by atoms with Crippen LogP contribution in [0.3, 0.4) is 0 Å². The molecular weight excluding hydrogens is 316 g/mol. The summed E-state index contributed by atoms with van der Waals surface area (Å²) in [5.41, 5.74) is -0.406. The van der Waals surface area contributed by atoms with Gasteiger partial charge in [0.15, 0.2) is 6.10 Å². The fourth-order valence-electron chi connectivity index (χ4n) is 3.54. The highest BCUT2D eigenvalue weighted by Gasteiger charge is 2.41. The van der Waals surface area contributed by atoms with Crippen molar-refractivity contribution < 1.29 is 30.3 Å². The minimum absolute atomic E-state index is 0.203. The Morgan fingerprint density at radius 3 is 1.83 bits per heavy atom. The molecule has 0 saturated carbocycles. The Hall–Kier alpha value is -0.770. The van der Waals surface area contributed by atoms with Crippen molar-refractivity contribution in [2.75, 3.05) is 0 Å². The van der Waals surface area contributed by atoms with E-state index in [1.165, 1.54) is 6.92 Å². The fourth-order valence-corrected chi connectivity index (χ4v) is 3.54. The first-order valence-electron chi connectivity index (χ1n) is 8.26. The third-order valence-electron chi connectivity index (χ3n) is 4.32. The number of carbonyl (C=O) groups is 1. The minimum Gasteiger partial charge on any atom is -0.391 e. The molecule has 5 atom stereocenters. The van der Waals surface area contributed by atoms with Gasteiger partial charge in [0.1, 0.15) is 18.3 Å². The summed E-state index contributed by atoms with van der Waals surface area (Å²) in [6.45, 7) is 9.29. The van der Waals surface area contributed by atoms with Crippen LogP contribution in [0.25, 0.3) is 0 Å². The smallest absolute Gasteiger partial charge is 0.251 e. The van der Waals surface area contributed by atoms with Crippen molar-refractivity contribution >= 4 is 5.91 Å². The van der Waals surface area contributed by atoms with Gasteiger partial charge in [-0.2, -0.15) is 0 Å². The van der Waals surface area contributed by atoms with Crippen molar-refractivity contribution in [1.82, 2.24) is 10.6 Å². The quantitative estimate of drug-likeness (QED) is 0.301. The van der Waals surface area contributed by atoms with Gasteiger partial charge < -0.3 is 36.2 Å². The third kappa shape index (κ3) is 5.65. The molecule has 1 heterocycles. The molecule has 142 valence electrons. The minimum atomic E-state index is -1.91. The van der Waals surface area contributed by atoms with Crippen LogP contribution >= 0.6 is 0 Å². The maximum atomic E-state index is 12.2. The van der Waals surface area contributed by atoms with Crippen molar-refractivity contribution in [3.05, 3.63) is 0 Å². The normalized spacial score (nSPS) is 26.9. The van der Waals surface area contributed by atoms with Gasteiger partial charge in [0, 0.05) is 17.1 Å². The number of aliphatic hydroxyl groups is 5. The molecule has 1 fully saturated rings. The van der Waals surface area contributed by atoms with Crippen LogP contribution in [0, 0.1) is 0 Å². The van der Waals surface area contributed by atoms with E-state index >= 15 is 0 Å². The summed E-state index contributed by atoms with van der Waals surface area (Å²) in [6.07, 6.45) is -7.35. The Labute approximate surface area is 142 Å². The average molecular weight is 348 g/mol. The zero-order valence-corrected chi connectivity index (χ0v) is 15.0. The highest BCUT2D eigenvalue weighted by atomic mass is 16.4. The van der Waals surface area contributed by atoms with E-state index in [0.29, 0.717) is 12.8 Å². The topological polar surface area (TPSA) is 142 Å². The van der Waals surface area contributed by atoms with Gasteiger partial charge in [0.05, 0.1) is 6.10 Å². The van der Waals surface area contributed by atoms with E-state index in [4.69, 9.17) is 0 Å². The van der Waals surface area contributed by atoms with Crippen LogP contribution in [-0.4, -0.2) is 79.1 Å². The number of piperidine rings is 1. The van der Waals surface area contributed by atoms with Crippen molar-refractivity contribution in [3.8, 4) is 0 Å². The highest BCUT2D eigenvalue weighted by Crippen LogP contribution is 2.28. The SMILES string of the molecule is CC(O)C(O)C(O)C(O)C(O)C(=O)NC1CC(C)(C)NC(C)(C)C1. The summed E-state index contributed by atoms with van der Waals surface area (Å²) in [6, 6.07) is -0.204. The van der Waals surface area contributed by atoms with Gasteiger partial charge in [0.25, 0.3) is 5.91 Å². The molecule has 1 amide bonds. The Morgan fingerprint density at radius 1 is 0.958 bits per heavy atom. The second kappa shape index (κ2) is 7.63. The van der Waals surface area contributed by atoms with Crippen LogP contribution in [0.1, 0.15) is 47.5 Å². The van der Waals surface area contributed by atoms with Crippen molar-refractivity contribution in [3.63, 3.8) is 0 Å². The highest BCUT2D eigenvalue weighted by molar-refractivity contribution is 5.81. The molecule has 1 rings (SSSR count). The molecule has 0 spiro atoms. The van der Waals surface area contributed by atoms with E-state index in [1.807, 2.05) is 27.7 Å². The van der Waals surface area contributed by atoms with Gasteiger partial charge in [-0.1, -0.05) is 0 Å².